The minimum absolute atomic E-state index is 0.160. The highest BCUT2D eigenvalue weighted by atomic mass is 35.5. The monoisotopic (exact) mass is 339 g/mol. The van der Waals surface area contributed by atoms with Crippen LogP contribution in [0.15, 0.2) is 29.6 Å². The normalized spacial score (nSPS) is 12.0. The molecule has 0 aliphatic carbocycles. The first-order chi connectivity index (χ1) is 10.6. The second-order valence-corrected chi connectivity index (χ2v) is 6.14. The maximum atomic E-state index is 12.0. The average Bonchev–Trinajstić information content (AvgIpc) is 2.96. The van der Waals surface area contributed by atoms with Crippen LogP contribution in [0.3, 0.4) is 0 Å². The van der Waals surface area contributed by atoms with Crippen molar-refractivity contribution in [1.82, 2.24) is 10.3 Å². The van der Waals surface area contributed by atoms with Gasteiger partial charge in [0.25, 0.3) is 5.91 Å². The molecule has 0 radical (unpaired) electrons. The Labute approximate surface area is 138 Å². The van der Waals surface area contributed by atoms with E-state index in [-0.39, 0.29) is 12.0 Å². The lowest BCUT2D eigenvalue weighted by Gasteiger charge is -2.15. The van der Waals surface area contributed by atoms with Gasteiger partial charge in [-0.1, -0.05) is 11.6 Å². The van der Waals surface area contributed by atoms with Crippen LogP contribution in [0.2, 0.25) is 5.02 Å². The van der Waals surface area contributed by atoms with Gasteiger partial charge in [0.15, 0.2) is 0 Å². The fraction of sp³-hybridized carbons (Fsp3) is 0.333. The van der Waals surface area contributed by atoms with Crippen molar-refractivity contribution in [3.63, 3.8) is 0 Å². The van der Waals surface area contributed by atoms with Crippen molar-refractivity contribution >= 4 is 28.8 Å². The van der Waals surface area contributed by atoms with Gasteiger partial charge in [-0.05, 0) is 37.7 Å². The number of aromatic nitrogens is 1. The quantitative estimate of drug-likeness (QED) is 0.812. The van der Waals surface area contributed by atoms with E-state index in [4.69, 9.17) is 22.1 Å². The van der Waals surface area contributed by atoms with E-state index in [2.05, 4.69) is 10.3 Å². The standard InChI is InChI=1S/C15H18ClN3O2S/c1-10(21-12-4-2-11(16)3-5-12)8-18-15(20)13-9-22-14(19-13)6-7-17/h2-5,9-10H,6-8,17H2,1H3,(H,18,20). The zero-order valence-electron chi connectivity index (χ0n) is 12.2. The first-order valence-corrected chi connectivity index (χ1v) is 8.19. The molecule has 2 aromatic rings. The minimum Gasteiger partial charge on any atom is -0.489 e. The molecule has 0 aliphatic rings. The molecule has 7 heteroatoms. The van der Waals surface area contributed by atoms with Gasteiger partial charge in [-0.2, -0.15) is 0 Å². The number of nitrogens with two attached hydrogens (primary N) is 1. The van der Waals surface area contributed by atoms with Crippen LogP contribution in [0.4, 0.5) is 0 Å². The van der Waals surface area contributed by atoms with E-state index < -0.39 is 0 Å². The predicted octanol–water partition coefficient (Wildman–Crippen LogP) is 2.50. The molecule has 0 saturated carbocycles. The van der Waals surface area contributed by atoms with Gasteiger partial charge in [-0.3, -0.25) is 4.79 Å². The SMILES string of the molecule is CC(CNC(=O)c1csc(CCN)n1)Oc1ccc(Cl)cc1. The van der Waals surface area contributed by atoms with Gasteiger partial charge in [0.2, 0.25) is 0 Å². The van der Waals surface area contributed by atoms with Crippen LogP contribution in [0.25, 0.3) is 0 Å². The lowest BCUT2D eigenvalue weighted by atomic mass is 10.3. The fourth-order valence-electron chi connectivity index (χ4n) is 1.77. The number of nitrogens with zero attached hydrogens (tertiary/aromatic N) is 1. The summed E-state index contributed by atoms with van der Waals surface area (Å²) >= 11 is 7.26. The molecular weight excluding hydrogens is 322 g/mol. The molecule has 0 saturated heterocycles. The summed E-state index contributed by atoms with van der Waals surface area (Å²) < 4.78 is 5.69. The molecule has 1 heterocycles. The summed E-state index contributed by atoms with van der Waals surface area (Å²) in [5.74, 6) is 0.510. The second kappa shape index (κ2) is 8.12. The van der Waals surface area contributed by atoms with E-state index in [0.717, 1.165) is 5.01 Å². The number of thiazole rings is 1. The third-order valence-electron chi connectivity index (χ3n) is 2.84. The molecule has 1 aromatic carbocycles. The smallest absolute Gasteiger partial charge is 0.270 e. The van der Waals surface area contributed by atoms with Gasteiger partial charge in [-0.15, -0.1) is 11.3 Å². The lowest BCUT2D eigenvalue weighted by molar-refractivity contribution is 0.0927. The molecule has 2 rings (SSSR count). The highest BCUT2D eigenvalue weighted by Crippen LogP contribution is 2.16. The van der Waals surface area contributed by atoms with E-state index >= 15 is 0 Å². The van der Waals surface area contributed by atoms with Crippen molar-refractivity contribution in [3.8, 4) is 5.75 Å². The minimum atomic E-state index is -0.203. The van der Waals surface area contributed by atoms with Crippen LogP contribution in [-0.4, -0.2) is 30.1 Å². The van der Waals surface area contributed by atoms with E-state index in [1.165, 1.54) is 11.3 Å². The lowest BCUT2D eigenvalue weighted by Crippen LogP contribution is -2.33. The number of nitrogens with one attached hydrogen (secondary N) is 1. The molecule has 1 unspecified atom stereocenters. The number of carbonyl (C=O) groups is 1. The Kier molecular flexibility index (Phi) is 6.18. The third kappa shape index (κ3) is 4.98. The van der Waals surface area contributed by atoms with Crippen molar-refractivity contribution < 1.29 is 9.53 Å². The predicted molar refractivity (Wildman–Crippen MR) is 88.7 cm³/mol. The van der Waals surface area contributed by atoms with Crippen LogP contribution in [0.1, 0.15) is 22.4 Å². The number of carbonyl (C=O) groups excluding carboxylic acids is 1. The molecule has 1 aromatic heterocycles. The number of halogens is 1. The number of benzene rings is 1. The van der Waals surface area contributed by atoms with E-state index in [0.29, 0.717) is 36.0 Å². The highest BCUT2D eigenvalue weighted by Gasteiger charge is 2.12. The van der Waals surface area contributed by atoms with E-state index in [9.17, 15) is 4.79 Å². The molecule has 5 nitrogen and oxygen atoms in total. The number of amides is 1. The van der Waals surface area contributed by atoms with Gasteiger partial charge < -0.3 is 15.8 Å². The summed E-state index contributed by atoms with van der Waals surface area (Å²) in [6.45, 7) is 2.81. The number of hydrogen-bond donors (Lipinski definition) is 2. The first kappa shape index (κ1) is 16.7. The molecule has 0 spiro atoms. The molecular formula is C15H18ClN3O2S. The van der Waals surface area contributed by atoms with E-state index in [1.54, 1.807) is 29.6 Å². The second-order valence-electron chi connectivity index (χ2n) is 4.76. The molecule has 1 amide bonds. The van der Waals surface area contributed by atoms with Gasteiger partial charge in [-0.25, -0.2) is 4.98 Å². The van der Waals surface area contributed by atoms with Gasteiger partial charge in [0.1, 0.15) is 17.5 Å². The Bertz CT molecular complexity index is 616. The molecule has 1 atom stereocenters. The Hall–Kier alpha value is -1.63. The molecule has 0 fully saturated rings. The molecule has 0 bridgehead atoms. The van der Waals surface area contributed by atoms with Gasteiger partial charge in [0, 0.05) is 16.8 Å². The summed E-state index contributed by atoms with van der Waals surface area (Å²) in [6, 6.07) is 7.10. The number of ether oxygens (including phenoxy) is 1. The van der Waals surface area contributed by atoms with Gasteiger partial charge in [0.05, 0.1) is 11.6 Å². The van der Waals surface area contributed by atoms with Crippen molar-refractivity contribution in [1.29, 1.82) is 0 Å². The van der Waals surface area contributed by atoms with E-state index in [1.807, 2.05) is 6.92 Å². The van der Waals surface area contributed by atoms with Crippen LogP contribution >= 0.6 is 22.9 Å². The number of hydrogen-bond acceptors (Lipinski definition) is 5. The Morgan fingerprint density at radius 1 is 1.45 bits per heavy atom. The number of rotatable bonds is 7. The zero-order valence-corrected chi connectivity index (χ0v) is 13.8. The molecule has 0 aliphatic heterocycles. The molecule has 22 heavy (non-hydrogen) atoms. The van der Waals surface area contributed by atoms with Crippen molar-refractivity contribution in [2.75, 3.05) is 13.1 Å². The highest BCUT2D eigenvalue weighted by molar-refractivity contribution is 7.09. The Morgan fingerprint density at radius 2 is 2.18 bits per heavy atom. The van der Waals surface area contributed by atoms with Crippen molar-refractivity contribution in [3.05, 3.63) is 45.4 Å². The van der Waals surface area contributed by atoms with Crippen molar-refractivity contribution in [2.24, 2.45) is 5.73 Å². The Balaban J connectivity index is 1.80. The van der Waals surface area contributed by atoms with Gasteiger partial charge >= 0.3 is 0 Å². The fourth-order valence-corrected chi connectivity index (χ4v) is 2.69. The molecule has 3 N–H and O–H groups in total. The van der Waals surface area contributed by atoms with Crippen molar-refractivity contribution in [2.45, 2.75) is 19.4 Å². The molecule has 118 valence electrons. The maximum absolute atomic E-state index is 12.0. The largest absolute Gasteiger partial charge is 0.489 e. The van der Waals surface area contributed by atoms with Crippen LogP contribution in [0, 0.1) is 0 Å². The summed E-state index contributed by atoms with van der Waals surface area (Å²) in [6.07, 6.45) is 0.529. The average molecular weight is 340 g/mol. The zero-order chi connectivity index (χ0) is 15.9. The topological polar surface area (TPSA) is 77.2 Å². The third-order valence-corrected chi connectivity index (χ3v) is 4.00. The maximum Gasteiger partial charge on any atom is 0.270 e. The van der Waals surface area contributed by atoms with Crippen LogP contribution < -0.4 is 15.8 Å². The van der Waals surface area contributed by atoms with Crippen LogP contribution in [-0.2, 0) is 6.42 Å². The van der Waals surface area contributed by atoms with Crippen LogP contribution in [0.5, 0.6) is 5.75 Å². The first-order valence-electron chi connectivity index (χ1n) is 6.93. The Morgan fingerprint density at radius 3 is 2.86 bits per heavy atom. The summed E-state index contributed by atoms with van der Waals surface area (Å²) in [5.41, 5.74) is 5.89. The summed E-state index contributed by atoms with van der Waals surface area (Å²) in [5, 5.41) is 6.08. The summed E-state index contributed by atoms with van der Waals surface area (Å²) in [7, 11) is 0. The summed E-state index contributed by atoms with van der Waals surface area (Å²) in [4.78, 5) is 16.2.